The summed E-state index contributed by atoms with van der Waals surface area (Å²) in [5, 5.41) is 4.41. The second-order valence-electron chi connectivity index (χ2n) is 3.80. The van der Waals surface area contributed by atoms with Crippen LogP contribution in [0.2, 0.25) is 0 Å². The van der Waals surface area contributed by atoms with Gasteiger partial charge in [0.2, 0.25) is 5.91 Å². The second kappa shape index (κ2) is 3.99. The number of amides is 1. The molecule has 1 amide bonds. The summed E-state index contributed by atoms with van der Waals surface area (Å²) < 4.78 is 0. The number of hydrogen-bond donors (Lipinski definition) is 3. The van der Waals surface area contributed by atoms with Crippen molar-refractivity contribution < 1.29 is 4.79 Å². The minimum absolute atomic E-state index is 0.125. The SMILES string of the molecule is NC(=S)C1(C(=O)NCc2csc(=O)[nH]2)CC1. The predicted octanol–water partition coefficient (Wildman–Crippen LogP) is 0.119. The molecule has 0 unspecified atom stereocenters. The lowest BCUT2D eigenvalue weighted by atomic mass is 10.1. The van der Waals surface area contributed by atoms with E-state index >= 15 is 0 Å². The minimum Gasteiger partial charge on any atom is -0.392 e. The van der Waals surface area contributed by atoms with Crippen molar-refractivity contribution in [3.05, 3.63) is 20.7 Å². The molecular formula is C9H11N3O2S2. The van der Waals surface area contributed by atoms with Gasteiger partial charge in [-0.15, -0.1) is 0 Å². The summed E-state index contributed by atoms with van der Waals surface area (Å²) in [6.45, 7) is 0.307. The Hall–Kier alpha value is -1.21. The summed E-state index contributed by atoms with van der Waals surface area (Å²) in [5.41, 5.74) is 5.58. The fourth-order valence-corrected chi connectivity index (χ4v) is 2.33. The van der Waals surface area contributed by atoms with E-state index < -0.39 is 5.41 Å². The van der Waals surface area contributed by atoms with Crippen LogP contribution in [0.15, 0.2) is 10.2 Å². The summed E-state index contributed by atoms with van der Waals surface area (Å²) in [6.07, 6.45) is 1.43. The summed E-state index contributed by atoms with van der Waals surface area (Å²) in [7, 11) is 0. The van der Waals surface area contributed by atoms with Crippen LogP contribution in [0, 0.1) is 5.41 Å². The first-order chi connectivity index (χ1) is 7.54. The van der Waals surface area contributed by atoms with Crippen LogP contribution in [0.4, 0.5) is 0 Å². The molecule has 1 aromatic rings. The molecule has 1 fully saturated rings. The van der Waals surface area contributed by atoms with E-state index in [0.29, 0.717) is 25.1 Å². The van der Waals surface area contributed by atoms with Crippen LogP contribution >= 0.6 is 23.6 Å². The molecule has 1 saturated carbocycles. The molecule has 4 N–H and O–H groups in total. The molecular weight excluding hydrogens is 246 g/mol. The molecule has 86 valence electrons. The lowest BCUT2D eigenvalue weighted by molar-refractivity contribution is -0.124. The molecule has 5 nitrogen and oxygen atoms in total. The fourth-order valence-electron chi connectivity index (χ4n) is 1.46. The maximum atomic E-state index is 11.8. The number of aromatic nitrogens is 1. The number of H-pyrrole nitrogens is 1. The maximum absolute atomic E-state index is 11.8. The van der Waals surface area contributed by atoms with E-state index in [1.165, 1.54) is 0 Å². The highest BCUT2D eigenvalue weighted by Crippen LogP contribution is 2.46. The van der Waals surface area contributed by atoms with E-state index in [1.54, 1.807) is 5.38 Å². The van der Waals surface area contributed by atoms with Crippen molar-refractivity contribution in [3.63, 3.8) is 0 Å². The molecule has 0 bridgehead atoms. The molecule has 0 atom stereocenters. The van der Waals surface area contributed by atoms with E-state index in [-0.39, 0.29) is 15.8 Å². The average molecular weight is 257 g/mol. The van der Waals surface area contributed by atoms with Gasteiger partial charge in [0.1, 0.15) is 0 Å². The fraction of sp³-hybridized carbons (Fsp3) is 0.444. The molecule has 1 aromatic heterocycles. The number of aromatic amines is 1. The second-order valence-corrected chi connectivity index (χ2v) is 5.08. The third-order valence-corrected chi connectivity index (χ3v) is 3.78. The minimum atomic E-state index is -0.633. The molecule has 2 rings (SSSR count). The molecule has 0 aromatic carbocycles. The Bertz CT molecular complexity index is 487. The number of carbonyl (C=O) groups is 1. The zero-order valence-corrected chi connectivity index (χ0v) is 10.0. The van der Waals surface area contributed by atoms with E-state index in [2.05, 4.69) is 10.3 Å². The molecule has 1 aliphatic carbocycles. The molecule has 0 spiro atoms. The molecule has 7 heteroatoms. The molecule has 1 aliphatic rings. The van der Waals surface area contributed by atoms with Crippen molar-refractivity contribution in [2.24, 2.45) is 11.1 Å². The van der Waals surface area contributed by atoms with Gasteiger partial charge in [-0.25, -0.2) is 0 Å². The van der Waals surface area contributed by atoms with Crippen molar-refractivity contribution >= 4 is 34.5 Å². The van der Waals surface area contributed by atoms with Crippen molar-refractivity contribution in [2.75, 3.05) is 0 Å². The van der Waals surface area contributed by atoms with Gasteiger partial charge in [0, 0.05) is 11.1 Å². The quantitative estimate of drug-likeness (QED) is 0.668. The van der Waals surface area contributed by atoms with Crippen LogP contribution in [-0.2, 0) is 11.3 Å². The topological polar surface area (TPSA) is 88.0 Å². The van der Waals surface area contributed by atoms with Crippen LogP contribution < -0.4 is 15.9 Å². The van der Waals surface area contributed by atoms with Crippen molar-refractivity contribution in [1.29, 1.82) is 0 Å². The lowest BCUT2D eigenvalue weighted by Gasteiger charge is -2.12. The Labute approximate surface area is 101 Å². The van der Waals surface area contributed by atoms with Crippen molar-refractivity contribution in [2.45, 2.75) is 19.4 Å². The Morgan fingerprint density at radius 3 is 2.81 bits per heavy atom. The van der Waals surface area contributed by atoms with Gasteiger partial charge in [0.25, 0.3) is 0 Å². The maximum Gasteiger partial charge on any atom is 0.304 e. The van der Waals surface area contributed by atoms with Gasteiger partial charge < -0.3 is 16.0 Å². The molecule has 16 heavy (non-hydrogen) atoms. The number of hydrogen-bond acceptors (Lipinski definition) is 4. The number of rotatable bonds is 4. The first-order valence-corrected chi connectivity index (χ1v) is 6.08. The Morgan fingerprint density at radius 1 is 1.69 bits per heavy atom. The number of carbonyl (C=O) groups excluding carboxylic acids is 1. The van der Waals surface area contributed by atoms with Gasteiger partial charge in [-0.05, 0) is 12.8 Å². The number of thiocarbonyl (C=S) groups is 1. The van der Waals surface area contributed by atoms with E-state index in [4.69, 9.17) is 18.0 Å². The smallest absolute Gasteiger partial charge is 0.304 e. The zero-order valence-electron chi connectivity index (χ0n) is 8.41. The van der Waals surface area contributed by atoms with Crippen LogP contribution in [-0.4, -0.2) is 15.9 Å². The Balaban J connectivity index is 1.94. The van der Waals surface area contributed by atoms with Crippen LogP contribution in [0.3, 0.4) is 0 Å². The first kappa shape index (κ1) is 11.3. The van der Waals surface area contributed by atoms with Gasteiger partial charge in [0.05, 0.1) is 16.9 Å². The third kappa shape index (κ3) is 2.00. The van der Waals surface area contributed by atoms with E-state index in [0.717, 1.165) is 11.3 Å². The van der Waals surface area contributed by atoms with Crippen molar-refractivity contribution in [3.8, 4) is 0 Å². The van der Waals surface area contributed by atoms with Gasteiger partial charge in [-0.2, -0.15) is 0 Å². The van der Waals surface area contributed by atoms with Gasteiger partial charge >= 0.3 is 4.87 Å². The third-order valence-electron chi connectivity index (χ3n) is 2.67. The van der Waals surface area contributed by atoms with Crippen LogP contribution in [0.5, 0.6) is 0 Å². The molecule has 1 heterocycles. The van der Waals surface area contributed by atoms with Crippen LogP contribution in [0.25, 0.3) is 0 Å². The van der Waals surface area contributed by atoms with Crippen molar-refractivity contribution in [1.82, 2.24) is 10.3 Å². The van der Waals surface area contributed by atoms with E-state index in [1.807, 2.05) is 0 Å². The van der Waals surface area contributed by atoms with E-state index in [9.17, 15) is 9.59 Å². The van der Waals surface area contributed by atoms with Crippen LogP contribution in [0.1, 0.15) is 18.5 Å². The highest BCUT2D eigenvalue weighted by molar-refractivity contribution is 7.80. The van der Waals surface area contributed by atoms with Gasteiger partial charge in [0.15, 0.2) is 0 Å². The predicted molar refractivity (Wildman–Crippen MR) is 65.2 cm³/mol. The first-order valence-electron chi connectivity index (χ1n) is 4.79. The highest BCUT2D eigenvalue weighted by Gasteiger charge is 2.52. The summed E-state index contributed by atoms with van der Waals surface area (Å²) >= 11 is 5.94. The Morgan fingerprint density at radius 2 is 2.38 bits per heavy atom. The molecule has 0 radical (unpaired) electrons. The molecule has 0 saturated heterocycles. The lowest BCUT2D eigenvalue weighted by Crippen LogP contribution is -2.39. The van der Waals surface area contributed by atoms with Gasteiger partial charge in [-0.3, -0.25) is 9.59 Å². The number of nitrogens with two attached hydrogens (primary N) is 1. The van der Waals surface area contributed by atoms with Gasteiger partial charge in [-0.1, -0.05) is 23.6 Å². The normalized spacial score (nSPS) is 16.8. The summed E-state index contributed by atoms with van der Waals surface area (Å²) in [4.78, 5) is 25.4. The number of nitrogens with one attached hydrogen (secondary N) is 2. The standard InChI is InChI=1S/C9H11N3O2S2/c10-6(15)9(1-2-9)7(13)11-3-5-4-16-8(14)12-5/h4H,1-3H2,(H2,10,15)(H,11,13)(H,12,14). The highest BCUT2D eigenvalue weighted by atomic mass is 32.1. The summed E-state index contributed by atoms with van der Waals surface area (Å²) in [5.74, 6) is -0.146. The molecule has 0 aliphatic heterocycles. The monoisotopic (exact) mass is 257 g/mol. The average Bonchev–Trinajstić information content (AvgIpc) is 2.95. The Kier molecular flexibility index (Phi) is 2.81. The summed E-state index contributed by atoms with van der Waals surface area (Å²) in [6, 6.07) is 0. The zero-order chi connectivity index (χ0) is 11.8. The largest absolute Gasteiger partial charge is 0.392 e. The number of thiazole rings is 1.